The third-order valence-electron chi connectivity index (χ3n) is 5.15. The van der Waals surface area contributed by atoms with Crippen LogP contribution in [0, 0.1) is 17.0 Å². The summed E-state index contributed by atoms with van der Waals surface area (Å²) in [5.41, 5.74) is 2.98. The Balaban J connectivity index is 2.19. The van der Waals surface area contributed by atoms with Crippen LogP contribution in [0.5, 0.6) is 0 Å². The van der Waals surface area contributed by atoms with E-state index in [4.69, 9.17) is 0 Å². The molecule has 1 saturated carbocycles. The topological polar surface area (TPSA) is 20.2 Å². The molecule has 0 aliphatic heterocycles. The maximum absolute atomic E-state index is 14.3. The summed E-state index contributed by atoms with van der Waals surface area (Å²) in [5.74, 6) is -0.573. The number of hydrogen-bond acceptors (Lipinski definition) is 1. The molecule has 3 rings (SSSR count). The zero-order valence-electron chi connectivity index (χ0n) is 13.6. The Morgan fingerprint density at radius 2 is 1.87 bits per heavy atom. The average Bonchev–Trinajstić information content (AvgIpc) is 2.88. The highest BCUT2D eigenvalue weighted by atomic mass is 19.1. The van der Waals surface area contributed by atoms with Gasteiger partial charge in [0.1, 0.15) is 11.6 Å². The summed E-state index contributed by atoms with van der Waals surface area (Å²) in [6, 6.07) is 9.12. The van der Waals surface area contributed by atoms with Crippen molar-refractivity contribution in [2.45, 2.75) is 45.6 Å². The molecule has 1 aliphatic carbocycles. The molecule has 0 radical (unpaired) electrons. The lowest BCUT2D eigenvalue weighted by Gasteiger charge is -2.29. The summed E-state index contributed by atoms with van der Waals surface area (Å²) in [6.07, 6.45) is 3.28. The molecule has 0 saturated heterocycles. The molecule has 0 amide bonds. The van der Waals surface area contributed by atoms with Crippen molar-refractivity contribution in [3.8, 4) is 11.1 Å². The van der Waals surface area contributed by atoms with Crippen molar-refractivity contribution in [2.24, 2.45) is 5.41 Å². The van der Waals surface area contributed by atoms with Crippen LogP contribution in [0.25, 0.3) is 11.1 Å². The summed E-state index contributed by atoms with van der Waals surface area (Å²) < 4.78 is 27.9. The smallest absolute Gasteiger partial charge is 0.131 e. The van der Waals surface area contributed by atoms with E-state index in [9.17, 15) is 13.9 Å². The molecule has 3 heteroatoms. The highest BCUT2D eigenvalue weighted by Crippen LogP contribution is 2.51. The molecule has 1 fully saturated rings. The van der Waals surface area contributed by atoms with Gasteiger partial charge >= 0.3 is 0 Å². The molecular formula is C20H22F2O. The number of hydrogen-bond donors (Lipinski definition) is 1. The number of aliphatic hydroxyl groups excluding tert-OH is 1. The quantitative estimate of drug-likeness (QED) is 0.802. The molecule has 1 atom stereocenters. The molecular weight excluding hydrogens is 294 g/mol. The van der Waals surface area contributed by atoms with Crippen molar-refractivity contribution in [1.82, 2.24) is 0 Å². The van der Waals surface area contributed by atoms with Crippen molar-refractivity contribution in [1.29, 1.82) is 0 Å². The Hall–Kier alpha value is -1.74. The largest absolute Gasteiger partial charge is 0.392 e. The van der Waals surface area contributed by atoms with Crippen LogP contribution >= 0.6 is 0 Å². The van der Waals surface area contributed by atoms with E-state index >= 15 is 0 Å². The molecule has 1 nitrogen and oxygen atoms in total. The fourth-order valence-corrected chi connectivity index (χ4v) is 3.85. The summed E-state index contributed by atoms with van der Waals surface area (Å²) in [4.78, 5) is 0. The van der Waals surface area contributed by atoms with Crippen LogP contribution in [0.15, 0.2) is 36.4 Å². The third-order valence-corrected chi connectivity index (χ3v) is 5.15. The third kappa shape index (κ3) is 3.02. The summed E-state index contributed by atoms with van der Waals surface area (Å²) >= 11 is 0. The molecule has 2 aromatic rings. The van der Waals surface area contributed by atoms with Gasteiger partial charge in [-0.1, -0.05) is 38.5 Å². The van der Waals surface area contributed by atoms with Gasteiger partial charge in [-0.15, -0.1) is 0 Å². The van der Waals surface area contributed by atoms with E-state index in [1.165, 1.54) is 12.1 Å². The molecule has 0 bridgehead atoms. The standard InChI is InChI=1S/C20H22F2O/c1-20(2)9-3-4-18(20)16-10-13(12-23)5-7-15(16)17-11-14(21)6-8-19(17)22/h5-8,10-11,18,23H,3-4,9,12H2,1-2H3. The summed E-state index contributed by atoms with van der Waals surface area (Å²) in [7, 11) is 0. The average molecular weight is 316 g/mol. The lowest BCUT2D eigenvalue weighted by Crippen LogP contribution is -2.16. The Morgan fingerprint density at radius 1 is 1.09 bits per heavy atom. The van der Waals surface area contributed by atoms with Crippen molar-refractivity contribution >= 4 is 0 Å². The van der Waals surface area contributed by atoms with E-state index in [1.807, 2.05) is 12.1 Å². The first kappa shape index (κ1) is 16.1. The minimum atomic E-state index is -0.440. The number of halogens is 2. The van der Waals surface area contributed by atoms with Gasteiger partial charge in [0, 0.05) is 5.56 Å². The second-order valence-electron chi connectivity index (χ2n) is 7.14. The lowest BCUT2D eigenvalue weighted by atomic mass is 9.75. The van der Waals surface area contributed by atoms with Crippen molar-refractivity contribution in [3.05, 3.63) is 59.2 Å². The maximum Gasteiger partial charge on any atom is 0.131 e. The Labute approximate surface area is 136 Å². The lowest BCUT2D eigenvalue weighted by molar-refractivity contribution is 0.281. The second kappa shape index (κ2) is 6.04. The van der Waals surface area contributed by atoms with Crippen molar-refractivity contribution in [3.63, 3.8) is 0 Å². The first-order valence-corrected chi connectivity index (χ1v) is 8.11. The normalized spacial score (nSPS) is 20.0. The zero-order valence-corrected chi connectivity index (χ0v) is 13.6. The first-order valence-electron chi connectivity index (χ1n) is 8.11. The predicted octanol–water partition coefficient (Wildman–Crippen LogP) is 5.42. The van der Waals surface area contributed by atoms with Gasteiger partial charge in [0.15, 0.2) is 0 Å². The number of aliphatic hydroxyl groups is 1. The van der Waals surface area contributed by atoms with Crippen molar-refractivity contribution in [2.75, 3.05) is 0 Å². The molecule has 23 heavy (non-hydrogen) atoms. The first-order chi connectivity index (χ1) is 10.9. The summed E-state index contributed by atoms with van der Waals surface area (Å²) in [6.45, 7) is 4.40. The van der Waals surface area contributed by atoms with Crippen LogP contribution < -0.4 is 0 Å². The van der Waals surface area contributed by atoms with E-state index in [2.05, 4.69) is 13.8 Å². The maximum atomic E-state index is 14.3. The van der Waals surface area contributed by atoms with Gasteiger partial charge in [0.2, 0.25) is 0 Å². The monoisotopic (exact) mass is 316 g/mol. The van der Waals surface area contributed by atoms with Gasteiger partial charge in [-0.25, -0.2) is 8.78 Å². The molecule has 0 heterocycles. The Morgan fingerprint density at radius 3 is 2.52 bits per heavy atom. The minimum Gasteiger partial charge on any atom is -0.392 e. The second-order valence-corrected chi connectivity index (χ2v) is 7.14. The van der Waals surface area contributed by atoms with E-state index in [0.29, 0.717) is 5.56 Å². The van der Waals surface area contributed by atoms with Crippen LogP contribution in [-0.4, -0.2) is 5.11 Å². The van der Waals surface area contributed by atoms with Crippen molar-refractivity contribution < 1.29 is 13.9 Å². The molecule has 0 aromatic heterocycles. The number of rotatable bonds is 3. The fourth-order valence-electron chi connectivity index (χ4n) is 3.85. The van der Waals surface area contributed by atoms with Crippen LogP contribution in [-0.2, 0) is 6.61 Å². The van der Waals surface area contributed by atoms with E-state index in [-0.39, 0.29) is 17.9 Å². The SMILES string of the molecule is CC1(C)CCCC1c1cc(CO)ccc1-c1cc(F)ccc1F. The van der Waals surface area contributed by atoms with Gasteiger partial charge in [-0.05, 0) is 59.1 Å². The molecule has 1 N–H and O–H groups in total. The van der Waals surface area contributed by atoms with Gasteiger partial charge in [0.05, 0.1) is 6.61 Å². The van der Waals surface area contributed by atoms with Crippen LogP contribution in [0.2, 0.25) is 0 Å². The van der Waals surface area contributed by atoms with E-state index in [0.717, 1.165) is 42.0 Å². The highest BCUT2D eigenvalue weighted by molar-refractivity contribution is 5.69. The van der Waals surface area contributed by atoms with Gasteiger partial charge in [-0.2, -0.15) is 0 Å². The van der Waals surface area contributed by atoms with Gasteiger partial charge < -0.3 is 5.11 Å². The Kier molecular flexibility index (Phi) is 4.24. The minimum absolute atomic E-state index is 0.0495. The van der Waals surface area contributed by atoms with Gasteiger partial charge in [-0.3, -0.25) is 0 Å². The van der Waals surface area contributed by atoms with E-state index in [1.54, 1.807) is 6.07 Å². The molecule has 1 unspecified atom stereocenters. The number of benzene rings is 2. The summed E-state index contributed by atoms with van der Waals surface area (Å²) in [5, 5.41) is 9.46. The molecule has 2 aromatic carbocycles. The molecule has 1 aliphatic rings. The molecule has 122 valence electrons. The van der Waals surface area contributed by atoms with Gasteiger partial charge in [0.25, 0.3) is 0 Å². The predicted molar refractivity (Wildman–Crippen MR) is 88.1 cm³/mol. The zero-order chi connectivity index (χ0) is 16.6. The van der Waals surface area contributed by atoms with Crippen LogP contribution in [0.1, 0.15) is 50.2 Å². The van der Waals surface area contributed by atoms with Crippen LogP contribution in [0.3, 0.4) is 0 Å². The van der Waals surface area contributed by atoms with E-state index < -0.39 is 11.6 Å². The van der Waals surface area contributed by atoms with Crippen LogP contribution in [0.4, 0.5) is 8.78 Å². The highest BCUT2D eigenvalue weighted by Gasteiger charge is 2.37. The fraction of sp³-hybridized carbons (Fsp3) is 0.400. The molecule has 0 spiro atoms. The Bertz CT molecular complexity index is 722.